The minimum absolute atomic E-state index is 0.618. The smallest absolute Gasteiger partial charge is 0.148 e. The topological polar surface area (TPSA) is 9.23 Å². The Labute approximate surface area is 150 Å². The lowest BCUT2D eigenvalue weighted by Gasteiger charge is -2.42. The molecule has 0 fully saturated rings. The highest BCUT2D eigenvalue weighted by Crippen LogP contribution is 2.73. The van der Waals surface area contributed by atoms with E-state index < -0.39 is 10.0 Å². The molecule has 0 aromatic heterocycles. The van der Waals surface area contributed by atoms with E-state index in [4.69, 9.17) is 4.74 Å². The lowest BCUT2D eigenvalue weighted by Crippen LogP contribution is -2.11. The van der Waals surface area contributed by atoms with Crippen molar-refractivity contribution in [2.24, 2.45) is 0 Å². The lowest BCUT2D eigenvalue weighted by molar-refractivity contribution is 0.271. The Kier molecular flexibility index (Phi) is 4.45. The average molecular weight is 344 g/mol. The highest BCUT2D eigenvalue weighted by atomic mass is 32.3. The van der Waals surface area contributed by atoms with Crippen molar-refractivity contribution in [2.45, 2.75) is 14.7 Å². The summed E-state index contributed by atoms with van der Waals surface area (Å²) in [7, 11) is -1.65. The highest BCUT2D eigenvalue weighted by Gasteiger charge is 2.36. The molecule has 0 unspecified atom stereocenters. The molecule has 0 saturated carbocycles. The van der Waals surface area contributed by atoms with Gasteiger partial charge in [0.2, 0.25) is 0 Å². The van der Waals surface area contributed by atoms with Crippen LogP contribution in [-0.2, 0) is 4.74 Å². The zero-order valence-electron chi connectivity index (χ0n) is 13.9. The van der Waals surface area contributed by atoms with Crippen LogP contribution in [0.5, 0.6) is 0 Å². The molecule has 1 heterocycles. The molecular formula is C23H20OS. The van der Waals surface area contributed by atoms with E-state index in [0.29, 0.717) is 6.61 Å². The van der Waals surface area contributed by atoms with Gasteiger partial charge in [-0.05, 0) is 48.6 Å². The Morgan fingerprint density at radius 2 is 1.04 bits per heavy atom. The van der Waals surface area contributed by atoms with Gasteiger partial charge < -0.3 is 4.74 Å². The van der Waals surface area contributed by atoms with Crippen molar-refractivity contribution >= 4 is 10.0 Å². The first-order chi connectivity index (χ1) is 12.4. The molecule has 2 heteroatoms. The summed E-state index contributed by atoms with van der Waals surface area (Å²) >= 11 is 0. The SMILES string of the molecule is C1=CCOC(S(c2ccccc2)(c2ccccc2)c2ccccc2)=C1. The molecule has 124 valence electrons. The van der Waals surface area contributed by atoms with Gasteiger partial charge in [-0.15, -0.1) is 10.0 Å². The minimum Gasteiger partial charge on any atom is -0.484 e. The zero-order chi connectivity index (χ0) is 17.0. The van der Waals surface area contributed by atoms with Gasteiger partial charge in [-0.25, -0.2) is 0 Å². The number of hydrogen-bond acceptors (Lipinski definition) is 1. The van der Waals surface area contributed by atoms with Crippen LogP contribution in [0, 0.1) is 0 Å². The first-order valence-electron chi connectivity index (χ1n) is 8.40. The van der Waals surface area contributed by atoms with Crippen LogP contribution in [0.25, 0.3) is 0 Å². The van der Waals surface area contributed by atoms with E-state index in [1.54, 1.807) is 0 Å². The van der Waals surface area contributed by atoms with Gasteiger partial charge in [0.1, 0.15) is 11.7 Å². The van der Waals surface area contributed by atoms with Gasteiger partial charge in [-0.3, -0.25) is 0 Å². The quantitative estimate of drug-likeness (QED) is 0.532. The van der Waals surface area contributed by atoms with Crippen LogP contribution in [0.1, 0.15) is 0 Å². The lowest BCUT2D eigenvalue weighted by atomic mass is 10.4. The second-order valence-corrected chi connectivity index (χ2v) is 8.82. The maximum Gasteiger partial charge on any atom is 0.148 e. The second-order valence-electron chi connectivity index (χ2n) is 5.78. The third-order valence-corrected chi connectivity index (χ3v) is 8.08. The van der Waals surface area contributed by atoms with E-state index in [2.05, 4.69) is 109 Å². The van der Waals surface area contributed by atoms with Gasteiger partial charge >= 0.3 is 0 Å². The third kappa shape index (κ3) is 2.79. The summed E-state index contributed by atoms with van der Waals surface area (Å²) < 4.78 is 6.22. The van der Waals surface area contributed by atoms with E-state index in [-0.39, 0.29) is 0 Å². The third-order valence-electron chi connectivity index (χ3n) is 4.28. The average Bonchev–Trinajstić information content (AvgIpc) is 2.72. The molecule has 0 radical (unpaired) electrons. The van der Waals surface area contributed by atoms with Gasteiger partial charge in [0.05, 0.1) is 0 Å². The molecule has 0 saturated heterocycles. The zero-order valence-corrected chi connectivity index (χ0v) is 14.7. The van der Waals surface area contributed by atoms with Gasteiger partial charge in [0.25, 0.3) is 0 Å². The Balaban J connectivity index is 2.08. The van der Waals surface area contributed by atoms with Gasteiger partial charge in [-0.1, -0.05) is 60.7 Å². The molecule has 25 heavy (non-hydrogen) atoms. The molecule has 3 aromatic carbocycles. The Hall–Kier alpha value is -2.71. The molecule has 1 aliphatic heterocycles. The van der Waals surface area contributed by atoms with Crippen molar-refractivity contribution in [1.82, 2.24) is 0 Å². The summed E-state index contributed by atoms with van der Waals surface area (Å²) in [5, 5.41) is 1.04. The summed E-state index contributed by atoms with van der Waals surface area (Å²) in [5.41, 5.74) is 0. The summed E-state index contributed by atoms with van der Waals surface area (Å²) in [6, 6.07) is 32.2. The number of rotatable bonds is 4. The molecule has 0 N–H and O–H groups in total. The summed E-state index contributed by atoms with van der Waals surface area (Å²) in [5.74, 6) is 0. The van der Waals surface area contributed by atoms with Crippen molar-refractivity contribution in [2.75, 3.05) is 6.61 Å². The first kappa shape index (κ1) is 15.8. The molecule has 4 rings (SSSR count). The molecule has 1 aliphatic rings. The Bertz CT molecular complexity index is 786. The van der Waals surface area contributed by atoms with Gasteiger partial charge in [0, 0.05) is 14.7 Å². The molecule has 0 spiro atoms. The number of hydrogen-bond donors (Lipinski definition) is 0. The highest BCUT2D eigenvalue weighted by molar-refractivity contribution is 8.36. The van der Waals surface area contributed by atoms with Gasteiger partial charge in [0.15, 0.2) is 0 Å². The largest absolute Gasteiger partial charge is 0.484 e. The minimum atomic E-state index is -1.65. The number of allylic oxidation sites excluding steroid dienone is 2. The summed E-state index contributed by atoms with van der Waals surface area (Å²) in [4.78, 5) is 3.86. The summed E-state index contributed by atoms with van der Waals surface area (Å²) in [6.45, 7) is 0.618. The van der Waals surface area contributed by atoms with Crippen molar-refractivity contribution < 1.29 is 4.74 Å². The van der Waals surface area contributed by atoms with E-state index in [9.17, 15) is 0 Å². The fourth-order valence-electron chi connectivity index (χ4n) is 3.20. The van der Waals surface area contributed by atoms with E-state index in [1.165, 1.54) is 14.7 Å². The molecule has 0 atom stereocenters. The number of ether oxygens (including phenoxy) is 1. The van der Waals surface area contributed by atoms with E-state index >= 15 is 0 Å². The monoisotopic (exact) mass is 344 g/mol. The van der Waals surface area contributed by atoms with Crippen LogP contribution in [0.15, 0.2) is 129 Å². The number of benzene rings is 3. The summed E-state index contributed by atoms with van der Waals surface area (Å²) in [6.07, 6.45) is 6.29. The van der Waals surface area contributed by atoms with Crippen LogP contribution in [0.4, 0.5) is 0 Å². The predicted octanol–water partition coefficient (Wildman–Crippen LogP) is 6.40. The normalized spacial score (nSPS) is 14.5. The maximum absolute atomic E-state index is 6.22. The fourth-order valence-corrected chi connectivity index (χ4v) is 6.94. The maximum atomic E-state index is 6.22. The van der Waals surface area contributed by atoms with Crippen LogP contribution < -0.4 is 0 Å². The van der Waals surface area contributed by atoms with E-state index in [1.807, 2.05) is 0 Å². The molecular weight excluding hydrogens is 324 g/mol. The fraction of sp³-hybridized carbons (Fsp3) is 0.0435. The van der Waals surface area contributed by atoms with Crippen molar-refractivity contribution in [3.8, 4) is 0 Å². The van der Waals surface area contributed by atoms with Crippen molar-refractivity contribution in [3.05, 3.63) is 114 Å². The molecule has 0 amide bonds. The molecule has 0 aliphatic carbocycles. The van der Waals surface area contributed by atoms with Crippen LogP contribution in [0.3, 0.4) is 0 Å². The standard InChI is InChI=1S/C23H20OS/c1-4-12-20(13-5-1)25(21-14-6-2-7-15-21,22-16-8-3-9-17-22)23-18-10-11-19-24-23/h1-18H,19H2. The first-order valence-corrected chi connectivity index (χ1v) is 10.0. The molecule has 1 nitrogen and oxygen atoms in total. The van der Waals surface area contributed by atoms with Crippen molar-refractivity contribution in [1.29, 1.82) is 0 Å². The molecule has 3 aromatic rings. The van der Waals surface area contributed by atoms with Crippen LogP contribution in [0.2, 0.25) is 0 Å². The van der Waals surface area contributed by atoms with Crippen LogP contribution >= 0.6 is 10.0 Å². The van der Waals surface area contributed by atoms with Crippen molar-refractivity contribution in [3.63, 3.8) is 0 Å². The Morgan fingerprint density at radius 3 is 1.40 bits per heavy atom. The van der Waals surface area contributed by atoms with Crippen LogP contribution in [-0.4, -0.2) is 6.61 Å². The second kappa shape index (κ2) is 7.04. The Morgan fingerprint density at radius 1 is 0.600 bits per heavy atom. The molecule has 0 bridgehead atoms. The predicted molar refractivity (Wildman–Crippen MR) is 105 cm³/mol. The van der Waals surface area contributed by atoms with E-state index in [0.717, 1.165) is 5.09 Å². The van der Waals surface area contributed by atoms with Gasteiger partial charge in [-0.2, -0.15) is 0 Å².